The number of carbonyl (C=O) groups is 1. The van der Waals surface area contributed by atoms with Gasteiger partial charge in [-0.05, 0) is 31.5 Å². The molecule has 0 saturated carbocycles. The molecule has 0 radical (unpaired) electrons. The summed E-state index contributed by atoms with van der Waals surface area (Å²) in [6.45, 7) is 4.60. The van der Waals surface area contributed by atoms with Gasteiger partial charge in [0.05, 0.1) is 12.4 Å². The number of carbonyl (C=O) groups excluding carboxylic acids is 1. The second kappa shape index (κ2) is 6.86. The lowest BCUT2D eigenvalue weighted by molar-refractivity contribution is -0.121. The van der Waals surface area contributed by atoms with E-state index in [-0.39, 0.29) is 18.6 Å². The van der Waals surface area contributed by atoms with Crippen molar-refractivity contribution in [3.8, 4) is 0 Å². The fourth-order valence-corrected chi connectivity index (χ4v) is 1.78. The van der Waals surface area contributed by atoms with E-state index in [1.165, 1.54) is 0 Å². The molecule has 5 nitrogen and oxygen atoms in total. The SMILES string of the molecule is CC(C)OCC(=O)Nc1cccc(Cn2ccnc2)c1. The maximum absolute atomic E-state index is 11.7. The molecule has 0 atom stereocenters. The first-order valence-corrected chi connectivity index (χ1v) is 6.59. The Labute approximate surface area is 118 Å². The predicted molar refractivity (Wildman–Crippen MR) is 77.5 cm³/mol. The van der Waals surface area contributed by atoms with Gasteiger partial charge in [-0.1, -0.05) is 12.1 Å². The van der Waals surface area contributed by atoms with Gasteiger partial charge in [0, 0.05) is 24.6 Å². The Morgan fingerprint density at radius 1 is 1.45 bits per heavy atom. The number of hydrogen-bond acceptors (Lipinski definition) is 3. The van der Waals surface area contributed by atoms with E-state index in [0.717, 1.165) is 17.8 Å². The lowest BCUT2D eigenvalue weighted by Gasteiger charge is -2.10. The second-order valence-corrected chi connectivity index (χ2v) is 4.84. The van der Waals surface area contributed by atoms with Crippen LogP contribution in [0.2, 0.25) is 0 Å². The first kappa shape index (κ1) is 14.3. The number of ether oxygens (including phenoxy) is 1. The van der Waals surface area contributed by atoms with Crippen LogP contribution in [0.3, 0.4) is 0 Å². The van der Waals surface area contributed by atoms with Crippen molar-refractivity contribution >= 4 is 11.6 Å². The zero-order valence-corrected chi connectivity index (χ0v) is 11.7. The fourth-order valence-electron chi connectivity index (χ4n) is 1.78. The molecule has 0 bridgehead atoms. The van der Waals surface area contributed by atoms with Gasteiger partial charge in [0.1, 0.15) is 6.61 Å². The van der Waals surface area contributed by atoms with Crippen LogP contribution in [0.5, 0.6) is 0 Å². The summed E-state index contributed by atoms with van der Waals surface area (Å²) in [7, 11) is 0. The average molecular weight is 273 g/mol. The van der Waals surface area contributed by atoms with Crippen LogP contribution in [-0.2, 0) is 16.1 Å². The predicted octanol–water partition coefficient (Wildman–Crippen LogP) is 2.29. The number of nitrogens with one attached hydrogen (secondary N) is 1. The lowest BCUT2D eigenvalue weighted by Crippen LogP contribution is -2.20. The van der Waals surface area contributed by atoms with Crippen LogP contribution >= 0.6 is 0 Å². The standard InChI is InChI=1S/C15H19N3O2/c1-12(2)20-10-15(19)17-14-5-3-4-13(8-14)9-18-7-6-16-11-18/h3-8,11-12H,9-10H2,1-2H3,(H,17,19). The number of nitrogens with zero attached hydrogens (tertiary/aromatic N) is 2. The monoisotopic (exact) mass is 273 g/mol. The second-order valence-electron chi connectivity index (χ2n) is 4.84. The van der Waals surface area contributed by atoms with Crippen LogP contribution in [0, 0.1) is 0 Å². The first-order chi connectivity index (χ1) is 9.63. The lowest BCUT2D eigenvalue weighted by atomic mass is 10.2. The Morgan fingerprint density at radius 2 is 2.30 bits per heavy atom. The molecular weight excluding hydrogens is 254 g/mol. The molecular formula is C15H19N3O2. The summed E-state index contributed by atoms with van der Waals surface area (Å²) in [5.74, 6) is -0.140. The van der Waals surface area contributed by atoms with E-state index in [4.69, 9.17) is 4.74 Å². The molecule has 106 valence electrons. The van der Waals surface area contributed by atoms with Crippen LogP contribution in [0.15, 0.2) is 43.0 Å². The van der Waals surface area contributed by atoms with E-state index in [2.05, 4.69) is 10.3 Å². The van der Waals surface area contributed by atoms with Crippen molar-refractivity contribution in [1.29, 1.82) is 0 Å². The number of benzene rings is 1. The van der Waals surface area contributed by atoms with E-state index in [1.54, 1.807) is 12.5 Å². The summed E-state index contributed by atoms with van der Waals surface area (Å²) in [5, 5.41) is 2.83. The van der Waals surface area contributed by atoms with Crippen LogP contribution in [-0.4, -0.2) is 28.2 Å². The molecule has 1 aromatic carbocycles. The summed E-state index contributed by atoms with van der Waals surface area (Å²) in [4.78, 5) is 15.7. The molecule has 0 spiro atoms. The highest BCUT2D eigenvalue weighted by Crippen LogP contribution is 2.12. The summed E-state index contributed by atoms with van der Waals surface area (Å²) in [5.41, 5.74) is 1.88. The number of imidazole rings is 1. The normalized spacial score (nSPS) is 10.8. The van der Waals surface area contributed by atoms with Gasteiger partial charge in [-0.2, -0.15) is 0 Å². The zero-order chi connectivity index (χ0) is 14.4. The third-order valence-electron chi connectivity index (χ3n) is 2.68. The topological polar surface area (TPSA) is 56.1 Å². The van der Waals surface area contributed by atoms with Gasteiger partial charge in [-0.3, -0.25) is 4.79 Å². The van der Waals surface area contributed by atoms with Crippen molar-refractivity contribution in [2.45, 2.75) is 26.5 Å². The van der Waals surface area contributed by atoms with Gasteiger partial charge in [0.25, 0.3) is 0 Å². The van der Waals surface area contributed by atoms with Crippen LogP contribution in [0.25, 0.3) is 0 Å². The Bertz CT molecular complexity index is 550. The highest BCUT2D eigenvalue weighted by atomic mass is 16.5. The van der Waals surface area contributed by atoms with E-state index in [9.17, 15) is 4.79 Å². The maximum Gasteiger partial charge on any atom is 0.250 e. The summed E-state index contributed by atoms with van der Waals surface area (Å²) >= 11 is 0. The smallest absolute Gasteiger partial charge is 0.250 e. The summed E-state index contributed by atoms with van der Waals surface area (Å²) in [6, 6.07) is 7.75. The Hall–Kier alpha value is -2.14. The number of anilines is 1. The molecule has 0 aliphatic carbocycles. The Morgan fingerprint density at radius 3 is 3.00 bits per heavy atom. The number of amides is 1. The van der Waals surface area contributed by atoms with Crippen molar-refractivity contribution in [2.24, 2.45) is 0 Å². The number of rotatable bonds is 6. The third kappa shape index (κ3) is 4.51. The van der Waals surface area contributed by atoms with E-state index in [1.807, 2.05) is 48.9 Å². The van der Waals surface area contributed by atoms with Gasteiger partial charge < -0.3 is 14.6 Å². The van der Waals surface area contributed by atoms with Crippen molar-refractivity contribution < 1.29 is 9.53 Å². The minimum atomic E-state index is -0.140. The third-order valence-corrected chi connectivity index (χ3v) is 2.68. The molecule has 0 fully saturated rings. The van der Waals surface area contributed by atoms with Crippen molar-refractivity contribution in [2.75, 3.05) is 11.9 Å². The van der Waals surface area contributed by atoms with Gasteiger partial charge in [0.2, 0.25) is 5.91 Å². The van der Waals surface area contributed by atoms with Gasteiger partial charge in [-0.15, -0.1) is 0 Å². The van der Waals surface area contributed by atoms with Crippen molar-refractivity contribution in [3.63, 3.8) is 0 Å². The molecule has 2 aromatic rings. The van der Waals surface area contributed by atoms with Crippen LogP contribution in [0.4, 0.5) is 5.69 Å². The maximum atomic E-state index is 11.7. The Kier molecular flexibility index (Phi) is 4.90. The van der Waals surface area contributed by atoms with Gasteiger partial charge >= 0.3 is 0 Å². The molecule has 0 aliphatic heterocycles. The molecule has 20 heavy (non-hydrogen) atoms. The van der Waals surface area contributed by atoms with Crippen LogP contribution < -0.4 is 5.32 Å². The van der Waals surface area contributed by atoms with Crippen molar-refractivity contribution in [1.82, 2.24) is 9.55 Å². The van der Waals surface area contributed by atoms with E-state index in [0.29, 0.717) is 0 Å². The minimum Gasteiger partial charge on any atom is -0.369 e. The molecule has 0 saturated heterocycles. The average Bonchev–Trinajstić information content (AvgIpc) is 2.89. The summed E-state index contributed by atoms with van der Waals surface area (Å²) < 4.78 is 7.24. The van der Waals surface area contributed by atoms with E-state index < -0.39 is 0 Å². The van der Waals surface area contributed by atoms with Gasteiger partial charge in [0.15, 0.2) is 0 Å². The minimum absolute atomic E-state index is 0.0494. The highest BCUT2D eigenvalue weighted by molar-refractivity contribution is 5.91. The highest BCUT2D eigenvalue weighted by Gasteiger charge is 2.04. The molecule has 5 heteroatoms. The fraction of sp³-hybridized carbons (Fsp3) is 0.333. The first-order valence-electron chi connectivity index (χ1n) is 6.59. The zero-order valence-electron chi connectivity index (χ0n) is 11.7. The quantitative estimate of drug-likeness (QED) is 0.878. The van der Waals surface area contributed by atoms with E-state index >= 15 is 0 Å². The Balaban J connectivity index is 1.94. The number of hydrogen-bond donors (Lipinski definition) is 1. The molecule has 1 aromatic heterocycles. The molecule has 1 N–H and O–H groups in total. The van der Waals surface area contributed by atoms with Gasteiger partial charge in [-0.25, -0.2) is 4.98 Å². The molecule has 2 rings (SSSR count). The molecule has 0 aliphatic rings. The number of aromatic nitrogens is 2. The molecule has 1 heterocycles. The molecule has 1 amide bonds. The molecule has 0 unspecified atom stereocenters. The van der Waals surface area contributed by atoms with Crippen molar-refractivity contribution in [3.05, 3.63) is 48.5 Å². The van der Waals surface area contributed by atoms with Crippen LogP contribution in [0.1, 0.15) is 19.4 Å². The summed E-state index contributed by atoms with van der Waals surface area (Å²) in [6.07, 6.45) is 5.46. The largest absolute Gasteiger partial charge is 0.369 e.